The largest absolute Gasteiger partial charge is 0.377 e. The molecule has 5 rings (SSSR count). The smallest absolute Gasteiger partial charge is 0.123 e. The molecule has 0 aliphatic carbocycles. The molecule has 0 amide bonds. The van der Waals surface area contributed by atoms with Crippen molar-refractivity contribution < 1.29 is 5.76 Å². The molecule has 0 saturated heterocycles. The van der Waals surface area contributed by atoms with Crippen molar-refractivity contribution in [2.75, 3.05) is 10.6 Å². The molecule has 0 saturated carbocycles. The van der Waals surface area contributed by atoms with Gasteiger partial charge in [-0.3, -0.25) is 4.98 Å². The minimum absolute atomic E-state index is 0.0612. The molecule has 3 aromatic carbocycles. The van der Waals surface area contributed by atoms with Crippen molar-refractivity contribution in [2.24, 2.45) is 0 Å². The highest BCUT2D eigenvalue weighted by Crippen LogP contribution is 2.37. The van der Waals surface area contributed by atoms with Gasteiger partial charge >= 0.3 is 0 Å². The molecule has 184 valence electrons. The van der Waals surface area contributed by atoms with Crippen LogP contribution in [0.3, 0.4) is 0 Å². The average Bonchev–Trinajstić information content (AvgIpc) is 3.48. The Morgan fingerprint density at radius 1 is 1.08 bits per heavy atom. The number of H-pyrrole nitrogens is 1. The average molecular weight is 513 g/mol. The quantitative estimate of drug-likeness (QED) is 0.212. The highest BCUT2D eigenvalue weighted by molar-refractivity contribution is 6.35. The third-order valence-corrected chi connectivity index (χ3v) is 6.34. The minimum atomic E-state index is -1.62. The second kappa shape index (κ2) is 10.6. The van der Waals surface area contributed by atoms with E-state index in [-0.39, 0.29) is 11.7 Å². The number of fused-ring (bicyclic) bond motifs is 1. The maximum absolute atomic E-state index is 13.7. The molecule has 2 atom stereocenters. The first kappa shape index (κ1) is 23.0. The van der Waals surface area contributed by atoms with Gasteiger partial charge in [-0.25, -0.2) is 4.39 Å². The van der Waals surface area contributed by atoms with Crippen molar-refractivity contribution in [3.05, 3.63) is 112 Å². The lowest BCUT2D eigenvalue weighted by Crippen LogP contribution is -2.14. The number of rotatable bonds is 8. The van der Waals surface area contributed by atoms with E-state index in [1.54, 1.807) is 12.1 Å². The van der Waals surface area contributed by atoms with E-state index >= 15 is 0 Å². The van der Waals surface area contributed by atoms with Gasteiger partial charge in [0.1, 0.15) is 17.6 Å². The number of hydrogen-bond acceptors (Lipinski definition) is 6. The fourth-order valence-electron chi connectivity index (χ4n) is 4.22. The molecule has 0 fully saturated rings. The van der Waals surface area contributed by atoms with Crippen LogP contribution in [0.1, 0.15) is 49.2 Å². The predicted molar refractivity (Wildman–Crippen MR) is 143 cm³/mol. The number of nitrogens with zero attached hydrogens (tertiary/aromatic N) is 4. The molecule has 2 heterocycles. The molecule has 0 aliphatic heterocycles. The van der Waals surface area contributed by atoms with Crippen LogP contribution in [0.15, 0.2) is 79.1 Å². The van der Waals surface area contributed by atoms with Crippen LogP contribution in [0.25, 0.3) is 10.9 Å². The van der Waals surface area contributed by atoms with Gasteiger partial charge < -0.3 is 10.6 Å². The predicted octanol–water partition coefficient (Wildman–Crippen LogP) is 6.78. The van der Waals surface area contributed by atoms with Crippen molar-refractivity contribution in [1.29, 1.82) is 5.26 Å². The third-order valence-electron chi connectivity index (χ3n) is 6.05. The van der Waals surface area contributed by atoms with Crippen molar-refractivity contribution >= 4 is 33.9 Å². The van der Waals surface area contributed by atoms with E-state index < -0.39 is 11.8 Å². The van der Waals surface area contributed by atoms with Crippen molar-refractivity contribution in [2.45, 2.75) is 25.4 Å². The van der Waals surface area contributed by atoms with Crippen LogP contribution in [0, 0.1) is 17.1 Å². The number of anilines is 2. The first-order chi connectivity index (χ1) is 18.4. The Hall–Kier alpha value is -4.48. The van der Waals surface area contributed by atoms with Gasteiger partial charge in [0.25, 0.3) is 0 Å². The van der Waals surface area contributed by atoms with E-state index in [1.807, 2.05) is 30.3 Å². The van der Waals surface area contributed by atoms with E-state index in [4.69, 9.17) is 11.6 Å². The Labute approximate surface area is 219 Å². The molecule has 3 N–H and O–H groups in total. The molecule has 9 heteroatoms. The summed E-state index contributed by atoms with van der Waals surface area (Å²) in [6, 6.07) is 19.6. The minimum Gasteiger partial charge on any atom is -0.377 e. The van der Waals surface area contributed by atoms with Crippen LogP contribution in [0.5, 0.6) is 0 Å². The highest BCUT2D eigenvalue weighted by Gasteiger charge is 2.20. The fraction of sp³-hybridized carbons (Fsp3) is 0.143. The van der Waals surface area contributed by atoms with Gasteiger partial charge in [-0.1, -0.05) is 61.0 Å². The molecule has 2 aromatic heterocycles. The van der Waals surface area contributed by atoms with Crippen LogP contribution in [0.2, 0.25) is 5.02 Å². The van der Waals surface area contributed by atoms with Crippen molar-refractivity contribution in [1.82, 2.24) is 20.4 Å². The Kier molecular flexibility index (Phi) is 6.60. The zero-order valence-corrected chi connectivity index (χ0v) is 20.6. The molecule has 5 aromatic rings. The Morgan fingerprint density at radius 3 is 2.54 bits per heavy atom. The van der Waals surface area contributed by atoms with Gasteiger partial charge in [0, 0.05) is 17.3 Å². The fourth-order valence-corrected chi connectivity index (χ4v) is 4.49. The van der Waals surface area contributed by atoms with Gasteiger partial charge in [0.2, 0.25) is 0 Å². The van der Waals surface area contributed by atoms with E-state index in [1.165, 1.54) is 36.7 Å². The first-order valence-corrected chi connectivity index (χ1v) is 12.0. The maximum Gasteiger partial charge on any atom is 0.123 e. The van der Waals surface area contributed by atoms with E-state index in [0.717, 1.165) is 12.0 Å². The SMILES string of the molecule is [2H][C@@](Nc1cc(Cl)c2ncc(C#N)c(N[C@H](CC)c3ccccc3)c2c1)(c1ccc(F)cc1)c1cn[nH]n1. The zero-order chi connectivity index (χ0) is 26.7. The zero-order valence-electron chi connectivity index (χ0n) is 20.8. The van der Waals surface area contributed by atoms with Crippen molar-refractivity contribution in [3.63, 3.8) is 0 Å². The van der Waals surface area contributed by atoms with Gasteiger partial charge in [0.05, 0.1) is 41.4 Å². The lowest BCUT2D eigenvalue weighted by atomic mass is 10.0. The van der Waals surface area contributed by atoms with Gasteiger partial charge in [0.15, 0.2) is 0 Å². The van der Waals surface area contributed by atoms with Crippen LogP contribution < -0.4 is 10.6 Å². The lowest BCUT2D eigenvalue weighted by molar-refractivity contribution is 0.626. The second-order valence-corrected chi connectivity index (χ2v) is 8.80. The van der Waals surface area contributed by atoms with E-state index in [0.29, 0.717) is 38.4 Å². The summed E-state index contributed by atoms with van der Waals surface area (Å²) in [6.45, 7) is 2.06. The van der Waals surface area contributed by atoms with Crippen LogP contribution in [-0.4, -0.2) is 20.4 Å². The van der Waals surface area contributed by atoms with E-state index in [9.17, 15) is 11.0 Å². The summed E-state index contributed by atoms with van der Waals surface area (Å²) < 4.78 is 23.0. The Morgan fingerprint density at radius 2 is 1.86 bits per heavy atom. The number of aromatic amines is 1. The van der Waals surface area contributed by atoms with Crippen LogP contribution >= 0.6 is 11.6 Å². The summed E-state index contributed by atoms with van der Waals surface area (Å²) >= 11 is 6.68. The van der Waals surface area contributed by atoms with E-state index in [2.05, 4.69) is 44.0 Å². The number of nitrogens with one attached hydrogen (secondary N) is 3. The number of nitriles is 1. The van der Waals surface area contributed by atoms with Crippen LogP contribution in [0.4, 0.5) is 15.8 Å². The molecular formula is C28H23ClFN7. The second-order valence-electron chi connectivity index (χ2n) is 8.39. The summed E-state index contributed by atoms with van der Waals surface area (Å²) in [7, 11) is 0. The number of halogens is 2. The Bertz CT molecular complexity index is 1610. The molecule has 0 bridgehead atoms. The maximum atomic E-state index is 13.7. The molecular weight excluding hydrogens is 489 g/mol. The summed E-state index contributed by atoms with van der Waals surface area (Å²) in [5.41, 5.74) is 3.76. The molecule has 37 heavy (non-hydrogen) atoms. The number of hydrogen-bond donors (Lipinski definition) is 3. The number of pyridine rings is 1. The van der Waals surface area contributed by atoms with Gasteiger partial charge in [-0.05, 0) is 41.8 Å². The molecule has 0 radical (unpaired) electrons. The summed E-state index contributed by atoms with van der Waals surface area (Å²) in [6.07, 6.45) is 3.71. The molecule has 0 spiro atoms. The molecule has 0 aliphatic rings. The van der Waals surface area contributed by atoms with Gasteiger partial charge in [-0.15, -0.1) is 0 Å². The lowest BCUT2D eigenvalue weighted by Gasteiger charge is -2.22. The first-order valence-electron chi connectivity index (χ1n) is 12.2. The Balaban J connectivity index is 1.63. The van der Waals surface area contributed by atoms with Crippen molar-refractivity contribution in [3.8, 4) is 6.07 Å². The third kappa shape index (κ3) is 5.08. The number of aromatic nitrogens is 4. The monoisotopic (exact) mass is 512 g/mol. The van der Waals surface area contributed by atoms with Gasteiger partial charge in [-0.2, -0.15) is 20.7 Å². The molecule has 7 nitrogen and oxygen atoms in total. The topological polar surface area (TPSA) is 102 Å². The summed E-state index contributed by atoms with van der Waals surface area (Å²) in [5.74, 6) is -0.417. The number of benzene rings is 3. The standard InChI is InChI=1S/C28H23ClFN7/c1-2-24(17-6-4-3-5-7-17)35-26-19(14-31)15-32-28-22(26)12-21(13-23(28)29)34-27(25-16-33-37-36-25)18-8-10-20(30)11-9-18/h3-13,15-16,24,27,34H,2H2,1H3,(H,32,35)(H,33,36,37)/t24-,27-/m1/s1/i27D. The summed E-state index contributed by atoms with van der Waals surface area (Å²) in [4.78, 5) is 4.44. The van der Waals surface area contributed by atoms with Crippen LogP contribution in [-0.2, 0) is 0 Å². The normalized spacial score (nSPS) is 13.8. The highest BCUT2D eigenvalue weighted by atomic mass is 35.5. The molecule has 0 unspecified atom stereocenters. The summed E-state index contributed by atoms with van der Waals surface area (Å²) in [5, 5.41) is 28.1.